The molecule has 4 N–H and O–H groups in total. The Hall–Kier alpha value is -4.61. The predicted octanol–water partition coefficient (Wildman–Crippen LogP) is 7.84. The van der Waals surface area contributed by atoms with Gasteiger partial charge in [0.15, 0.2) is 0 Å². The monoisotopic (exact) mass is 634 g/mol. The van der Waals surface area contributed by atoms with Gasteiger partial charge in [-0.2, -0.15) is 22.0 Å². The average Bonchev–Trinajstić information content (AvgIpc) is 2.97. The van der Waals surface area contributed by atoms with Crippen LogP contribution in [0, 0.1) is 0 Å². The Kier molecular flexibility index (Phi) is 12.8. The van der Waals surface area contributed by atoms with Gasteiger partial charge in [-0.15, -0.1) is 0 Å². The molecule has 0 aliphatic rings. The number of nitrogen functional groups attached to an aromatic ring is 2. The third-order valence-corrected chi connectivity index (χ3v) is 6.48. The second-order valence-corrected chi connectivity index (χ2v) is 10.3. The van der Waals surface area contributed by atoms with Crippen molar-refractivity contribution in [2.75, 3.05) is 24.7 Å². The number of hydrogen-bond donors (Lipinski definition) is 2. The van der Waals surface area contributed by atoms with Gasteiger partial charge in [0.1, 0.15) is 5.75 Å². The van der Waals surface area contributed by atoms with Gasteiger partial charge in [-0.3, -0.25) is 0 Å². The van der Waals surface area contributed by atoms with Crippen molar-refractivity contribution in [3.8, 4) is 5.75 Å². The van der Waals surface area contributed by atoms with Crippen LogP contribution in [0.15, 0.2) is 72.8 Å². The number of esters is 2. The molecule has 0 saturated heterocycles. The molecular weight excluding hydrogens is 599 g/mol. The van der Waals surface area contributed by atoms with Gasteiger partial charge in [0, 0.05) is 23.9 Å². The normalized spacial score (nSPS) is 11.8. The molecule has 0 aliphatic carbocycles. The predicted molar refractivity (Wildman–Crippen MR) is 160 cm³/mol. The van der Waals surface area contributed by atoms with Crippen LogP contribution in [0.4, 0.5) is 33.3 Å². The fourth-order valence-corrected chi connectivity index (χ4v) is 4.20. The minimum atomic E-state index is -4.25. The van der Waals surface area contributed by atoms with Gasteiger partial charge in [0.05, 0.1) is 24.3 Å². The summed E-state index contributed by atoms with van der Waals surface area (Å²) in [5.41, 5.74) is 13.0. The molecule has 0 aliphatic heterocycles. The van der Waals surface area contributed by atoms with E-state index >= 15 is 0 Å². The number of benzene rings is 3. The average molecular weight is 635 g/mol. The molecule has 3 aromatic carbocycles. The molecule has 0 radical (unpaired) electrons. The number of carbonyl (C=O) groups excluding carboxylic acids is 2. The van der Waals surface area contributed by atoms with E-state index in [2.05, 4.69) is 0 Å². The molecule has 242 valence electrons. The molecule has 3 aromatic rings. The van der Waals surface area contributed by atoms with Gasteiger partial charge < -0.3 is 25.7 Å². The van der Waals surface area contributed by atoms with E-state index in [0.717, 1.165) is 25.0 Å². The Balaban J connectivity index is 1.31. The molecule has 0 atom stereocenters. The number of halogens is 5. The zero-order valence-electron chi connectivity index (χ0n) is 24.5. The number of aryl methyl sites for hydroxylation is 1. The number of rotatable bonds is 16. The summed E-state index contributed by atoms with van der Waals surface area (Å²) in [7, 11) is 0. The number of unbranched alkanes of at least 4 members (excludes halogenated alkanes) is 3. The lowest BCUT2D eigenvalue weighted by atomic mass is 10.1. The lowest BCUT2D eigenvalue weighted by molar-refractivity contribution is -0.185. The maximum absolute atomic E-state index is 14.6. The number of hydrogen-bond acceptors (Lipinski definition) is 7. The van der Waals surface area contributed by atoms with E-state index in [-0.39, 0.29) is 31.8 Å². The van der Waals surface area contributed by atoms with Crippen LogP contribution >= 0.6 is 0 Å². The van der Waals surface area contributed by atoms with Crippen molar-refractivity contribution in [2.45, 2.75) is 57.2 Å². The van der Waals surface area contributed by atoms with Gasteiger partial charge in [-0.05, 0) is 98.2 Å². The molecule has 0 aromatic heterocycles. The topological polar surface area (TPSA) is 114 Å². The van der Waals surface area contributed by atoms with Crippen molar-refractivity contribution < 1.29 is 45.8 Å². The summed E-state index contributed by atoms with van der Waals surface area (Å²) >= 11 is 0. The largest absolute Gasteiger partial charge is 0.463 e. The van der Waals surface area contributed by atoms with Crippen molar-refractivity contribution in [1.29, 1.82) is 0 Å². The molecule has 3 rings (SSSR count). The first-order valence-corrected chi connectivity index (χ1v) is 14.3. The van der Waals surface area contributed by atoms with E-state index in [9.17, 15) is 31.5 Å². The molecule has 0 heterocycles. The molecule has 0 spiro atoms. The zero-order chi connectivity index (χ0) is 32.9. The first-order chi connectivity index (χ1) is 21.3. The van der Waals surface area contributed by atoms with Crippen LogP contribution in [0.1, 0.15) is 65.6 Å². The van der Waals surface area contributed by atoms with Crippen LogP contribution < -0.4 is 16.2 Å². The Morgan fingerprint density at radius 3 is 1.93 bits per heavy atom. The first-order valence-electron chi connectivity index (χ1n) is 14.3. The van der Waals surface area contributed by atoms with E-state index in [1.54, 1.807) is 6.07 Å². The van der Waals surface area contributed by atoms with Gasteiger partial charge in [-0.1, -0.05) is 24.3 Å². The summed E-state index contributed by atoms with van der Waals surface area (Å²) in [6.07, 6.45) is -3.36. The molecule has 0 unspecified atom stereocenters. The quantitative estimate of drug-likeness (QED) is 0.0543. The minimum absolute atomic E-state index is 0.113. The molecule has 12 heteroatoms. The molecule has 7 nitrogen and oxygen atoms in total. The lowest BCUT2D eigenvalue weighted by Crippen LogP contribution is -2.21. The maximum Gasteiger partial charge on any atom is 0.426 e. The standard InChI is InChI=1S/C33H35F5N2O5/c34-32(35,36)17-5-6-23-7-12-26(13-8-23)33(37,38)45-29-14-9-24(10-15-29)11-16-30(41)43-18-3-1-2-4-19-44-31(42)25-20-27(39)22-28(40)21-25/h7-16,20-22H,1-6,17-19,39-40H2. The van der Waals surface area contributed by atoms with Crippen LogP contribution in [0.5, 0.6) is 5.75 Å². The Morgan fingerprint density at radius 1 is 0.733 bits per heavy atom. The molecule has 0 saturated carbocycles. The summed E-state index contributed by atoms with van der Waals surface area (Å²) in [6.45, 7) is 0.448. The number of nitrogens with two attached hydrogens (primary N) is 2. The number of anilines is 2. The highest BCUT2D eigenvalue weighted by Gasteiger charge is 2.34. The van der Waals surface area contributed by atoms with Crippen molar-refractivity contribution in [2.24, 2.45) is 0 Å². The SMILES string of the molecule is Nc1cc(N)cc(C(=O)OCCCCCCOC(=O)C=Cc2ccc(OC(F)(F)c3ccc(CCCC(F)(F)F)cc3)cc2)c1. The van der Waals surface area contributed by atoms with Crippen LogP contribution in [0.3, 0.4) is 0 Å². The third kappa shape index (κ3) is 12.9. The van der Waals surface area contributed by atoms with Crippen molar-refractivity contribution >= 4 is 29.4 Å². The summed E-state index contributed by atoms with van der Waals surface area (Å²) in [6, 6.07) is 15.1. The molecule has 0 amide bonds. The smallest absolute Gasteiger partial charge is 0.426 e. The summed E-state index contributed by atoms with van der Waals surface area (Å²) in [5, 5.41) is 0. The van der Waals surface area contributed by atoms with Crippen molar-refractivity contribution in [1.82, 2.24) is 0 Å². The molecule has 0 fully saturated rings. The Bertz CT molecular complexity index is 1400. The van der Waals surface area contributed by atoms with E-state index < -0.39 is 36.2 Å². The van der Waals surface area contributed by atoms with E-state index in [1.807, 2.05) is 0 Å². The zero-order valence-corrected chi connectivity index (χ0v) is 24.5. The highest BCUT2D eigenvalue weighted by Crippen LogP contribution is 2.32. The van der Waals surface area contributed by atoms with Gasteiger partial charge in [0.2, 0.25) is 0 Å². The van der Waals surface area contributed by atoms with E-state index in [4.69, 9.17) is 25.7 Å². The first kappa shape index (κ1) is 34.9. The Labute approximate surface area is 258 Å². The van der Waals surface area contributed by atoms with Crippen LogP contribution in [0.2, 0.25) is 0 Å². The maximum atomic E-state index is 14.6. The number of carbonyl (C=O) groups is 2. The van der Waals surface area contributed by atoms with Crippen LogP contribution in [-0.4, -0.2) is 31.3 Å². The minimum Gasteiger partial charge on any atom is -0.463 e. The highest BCUT2D eigenvalue weighted by atomic mass is 19.4. The summed E-state index contributed by atoms with van der Waals surface area (Å²) < 4.78 is 81.3. The summed E-state index contributed by atoms with van der Waals surface area (Å²) in [5.74, 6) is -1.17. The van der Waals surface area contributed by atoms with Crippen LogP contribution in [0.25, 0.3) is 6.08 Å². The lowest BCUT2D eigenvalue weighted by Gasteiger charge is -2.18. The second kappa shape index (κ2) is 16.5. The van der Waals surface area contributed by atoms with Crippen LogP contribution in [-0.2, 0) is 26.8 Å². The van der Waals surface area contributed by atoms with Gasteiger partial charge in [-0.25, -0.2) is 9.59 Å². The fourth-order valence-electron chi connectivity index (χ4n) is 4.20. The number of ether oxygens (including phenoxy) is 3. The molecular formula is C33H35F5N2O5. The molecule has 0 bridgehead atoms. The Morgan fingerprint density at radius 2 is 1.33 bits per heavy atom. The van der Waals surface area contributed by atoms with E-state index in [1.165, 1.54) is 60.7 Å². The van der Waals surface area contributed by atoms with Crippen molar-refractivity contribution in [3.63, 3.8) is 0 Å². The molecule has 45 heavy (non-hydrogen) atoms. The second-order valence-electron chi connectivity index (χ2n) is 10.3. The van der Waals surface area contributed by atoms with E-state index in [0.29, 0.717) is 40.9 Å². The highest BCUT2D eigenvalue weighted by molar-refractivity contribution is 5.91. The van der Waals surface area contributed by atoms with Crippen molar-refractivity contribution in [3.05, 3.63) is 95.1 Å². The third-order valence-electron chi connectivity index (χ3n) is 6.48. The van der Waals surface area contributed by atoms with Gasteiger partial charge >= 0.3 is 24.2 Å². The summed E-state index contributed by atoms with van der Waals surface area (Å²) in [4.78, 5) is 24.0. The fraction of sp³-hybridized carbons (Fsp3) is 0.333. The van der Waals surface area contributed by atoms with Gasteiger partial charge in [0.25, 0.3) is 0 Å². The number of alkyl halides is 5.